The summed E-state index contributed by atoms with van der Waals surface area (Å²) in [4.78, 5) is 11.1. The third-order valence-corrected chi connectivity index (χ3v) is 3.32. The third-order valence-electron chi connectivity index (χ3n) is 1.55. The van der Waals surface area contributed by atoms with Crippen LogP contribution in [0.1, 0.15) is 6.92 Å². The maximum atomic E-state index is 11.1. The van der Waals surface area contributed by atoms with E-state index in [-0.39, 0.29) is 5.02 Å². The summed E-state index contributed by atoms with van der Waals surface area (Å²) in [7, 11) is 0. The van der Waals surface area contributed by atoms with Crippen molar-refractivity contribution in [1.29, 1.82) is 0 Å². The Morgan fingerprint density at radius 2 is 2.13 bits per heavy atom. The fourth-order valence-electron chi connectivity index (χ4n) is 0.900. The van der Waals surface area contributed by atoms with Gasteiger partial charge in [0.1, 0.15) is 0 Å². The second-order valence-corrected chi connectivity index (χ2v) is 4.18. The van der Waals surface area contributed by atoms with E-state index in [1.807, 2.05) is 0 Å². The highest BCUT2D eigenvalue weighted by atomic mass is 79.9. The van der Waals surface area contributed by atoms with Crippen molar-refractivity contribution in [3.05, 3.63) is 26.7 Å². The fourth-order valence-corrected chi connectivity index (χ4v) is 1.72. The van der Waals surface area contributed by atoms with Crippen LogP contribution in [0.2, 0.25) is 10.0 Å². The largest absolute Gasteiger partial charge is 0.450 e. The molecule has 0 saturated heterocycles. The summed E-state index contributed by atoms with van der Waals surface area (Å²) in [5, 5.41) is 3.11. The molecule has 0 aliphatic carbocycles. The van der Waals surface area contributed by atoms with Crippen molar-refractivity contribution in [2.45, 2.75) is 6.92 Å². The fraction of sp³-hybridized carbons (Fsp3) is 0.222. The molecule has 0 radical (unpaired) electrons. The molecule has 1 aromatic carbocycles. The van der Waals surface area contributed by atoms with Crippen LogP contribution in [0.5, 0.6) is 0 Å². The van der Waals surface area contributed by atoms with Crippen molar-refractivity contribution in [1.82, 2.24) is 0 Å². The minimum absolute atomic E-state index is 0.277. The summed E-state index contributed by atoms with van der Waals surface area (Å²) in [5.41, 5.74) is 0.420. The highest BCUT2D eigenvalue weighted by Crippen LogP contribution is 2.35. The van der Waals surface area contributed by atoms with Gasteiger partial charge in [-0.25, -0.2) is 4.79 Å². The third kappa shape index (κ3) is 3.26. The van der Waals surface area contributed by atoms with Crippen molar-refractivity contribution in [3.8, 4) is 0 Å². The van der Waals surface area contributed by atoms with Crippen LogP contribution >= 0.6 is 39.1 Å². The van der Waals surface area contributed by atoms with Gasteiger partial charge >= 0.3 is 6.09 Å². The maximum absolute atomic E-state index is 11.1. The predicted octanol–water partition coefficient (Wildman–Crippen LogP) is 4.32. The Balaban J connectivity index is 2.87. The van der Waals surface area contributed by atoms with Crippen molar-refractivity contribution in [3.63, 3.8) is 0 Å². The molecule has 1 aromatic rings. The minimum atomic E-state index is -0.558. The molecule has 0 aromatic heterocycles. The van der Waals surface area contributed by atoms with E-state index in [9.17, 15) is 4.79 Å². The van der Waals surface area contributed by atoms with Crippen LogP contribution < -0.4 is 5.32 Å². The van der Waals surface area contributed by atoms with E-state index in [1.54, 1.807) is 19.1 Å². The molecule has 0 saturated carbocycles. The highest BCUT2D eigenvalue weighted by molar-refractivity contribution is 9.10. The molecule has 82 valence electrons. The van der Waals surface area contributed by atoms with Crippen molar-refractivity contribution in [2.24, 2.45) is 0 Å². The van der Waals surface area contributed by atoms with Crippen LogP contribution in [-0.2, 0) is 4.74 Å². The minimum Gasteiger partial charge on any atom is -0.450 e. The number of benzene rings is 1. The standard InChI is InChI=1S/C9H8BrCl2NO2/c1-2-15-9(14)13-6-4-3-5(10)7(11)8(6)12/h3-4H,2H2,1H3,(H,13,14). The van der Waals surface area contributed by atoms with Gasteiger partial charge < -0.3 is 4.74 Å². The van der Waals surface area contributed by atoms with Gasteiger partial charge in [-0.2, -0.15) is 0 Å². The summed E-state index contributed by atoms with van der Waals surface area (Å²) in [5.74, 6) is 0. The Kier molecular flexibility index (Phi) is 4.70. The van der Waals surface area contributed by atoms with E-state index >= 15 is 0 Å². The lowest BCUT2D eigenvalue weighted by Gasteiger charge is -2.08. The number of nitrogens with one attached hydrogen (secondary N) is 1. The Morgan fingerprint density at radius 3 is 2.73 bits per heavy atom. The normalized spacial score (nSPS) is 9.87. The lowest BCUT2D eigenvalue weighted by molar-refractivity contribution is 0.168. The van der Waals surface area contributed by atoms with Gasteiger partial charge in [-0.05, 0) is 35.0 Å². The van der Waals surface area contributed by atoms with Gasteiger partial charge in [0.15, 0.2) is 0 Å². The zero-order chi connectivity index (χ0) is 11.4. The van der Waals surface area contributed by atoms with Gasteiger partial charge in [0.05, 0.1) is 22.3 Å². The maximum Gasteiger partial charge on any atom is 0.411 e. The van der Waals surface area contributed by atoms with Crippen molar-refractivity contribution < 1.29 is 9.53 Å². The molecular weight excluding hydrogens is 305 g/mol. The first-order valence-corrected chi connectivity index (χ1v) is 5.68. The zero-order valence-corrected chi connectivity index (χ0v) is 10.9. The molecule has 1 rings (SSSR count). The lowest BCUT2D eigenvalue weighted by Crippen LogP contribution is -2.13. The Bertz CT molecular complexity index is 385. The number of anilines is 1. The second kappa shape index (κ2) is 5.58. The number of carbonyl (C=O) groups is 1. The number of carbonyl (C=O) groups excluding carboxylic acids is 1. The SMILES string of the molecule is CCOC(=O)Nc1ccc(Br)c(Cl)c1Cl. The molecule has 1 amide bonds. The van der Waals surface area contributed by atoms with E-state index in [4.69, 9.17) is 27.9 Å². The second-order valence-electron chi connectivity index (χ2n) is 2.57. The van der Waals surface area contributed by atoms with Crippen LogP contribution in [0, 0.1) is 0 Å². The van der Waals surface area contributed by atoms with Crippen LogP contribution in [0.15, 0.2) is 16.6 Å². The van der Waals surface area contributed by atoms with Gasteiger partial charge in [-0.3, -0.25) is 5.32 Å². The molecule has 3 nitrogen and oxygen atoms in total. The first-order chi connectivity index (χ1) is 7.06. The molecule has 0 heterocycles. The average Bonchev–Trinajstić information content (AvgIpc) is 2.20. The lowest BCUT2D eigenvalue weighted by atomic mass is 10.3. The highest BCUT2D eigenvalue weighted by Gasteiger charge is 2.10. The zero-order valence-electron chi connectivity index (χ0n) is 7.81. The summed E-state index contributed by atoms with van der Waals surface area (Å²) >= 11 is 15.0. The molecule has 6 heteroatoms. The number of hydrogen-bond acceptors (Lipinski definition) is 2. The van der Waals surface area contributed by atoms with E-state index in [0.29, 0.717) is 21.8 Å². The Morgan fingerprint density at radius 1 is 1.47 bits per heavy atom. The molecule has 0 spiro atoms. The van der Waals surface area contributed by atoms with E-state index in [2.05, 4.69) is 21.2 Å². The monoisotopic (exact) mass is 311 g/mol. The number of halogens is 3. The molecule has 0 bridgehead atoms. The molecule has 0 atom stereocenters. The predicted molar refractivity (Wildman–Crippen MR) is 64.8 cm³/mol. The number of amides is 1. The van der Waals surface area contributed by atoms with Crippen molar-refractivity contribution >= 4 is 50.9 Å². The van der Waals surface area contributed by atoms with Gasteiger partial charge in [-0.15, -0.1) is 0 Å². The Hall–Kier alpha value is -0.450. The van der Waals surface area contributed by atoms with Gasteiger partial charge in [0.2, 0.25) is 0 Å². The number of rotatable bonds is 2. The first kappa shape index (κ1) is 12.6. The quantitative estimate of drug-likeness (QED) is 0.826. The molecule has 0 fully saturated rings. The van der Waals surface area contributed by atoms with E-state index in [0.717, 1.165) is 0 Å². The summed E-state index contributed by atoms with van der Waals surface area (Å²) in [6.45, 7) is 2.02. The number of hydrogen-bond donors (Lipinski definition) is 1. The summed E-state index contributed by atoms with van der Waals surface area (Å²) < 4.78 is 5.38. The van der Waals surface area contributed by atoms with Gasteiger partial charge in [0, 0.05) is 4.47 Å². The topological polar surface area (TPSA) is 38.3 Å². The molecule has 1 N–H and O–H groups in total. The van der Waals surface area contributed by atoms with Crippen LogP contribution in [-0.4, -0.2) is 12.7 Å². The average molecular weight is 313 g/mol. The van der Waals surface area contributed by atoms with Gasteiger partial charge in [-0.1, -0.05) is 23.2 Å². The van der Waals surface area contributed by atoms with Crippen LogP contribution in [0.4, 0.5) is 10.5 Å². The smallest absolute Gasteiger partial charge is 0.411 e. The van der Waals surface area contributed by atoms with Gasteiger partial charge in [0.25, 0.3) is 0 Å². The first-order valence-electron chi connectivity index (χ1n) is 4.13. The summed E-state index contributed by atoms with van der Waals surface area (Å²) in [6, 6.07) is 3.32. The molecular formula is C9H8BrCl2NO2. The molecule has 0 aliphatic heterocycles. The van der Waals surface area contributed by atoms with Crippen LogP contribution in [0.3, 0.4) is 0 Å². The molecule has 0 unspecified atom stereocenters. The molecule has 15 heavy (non-hydrogen) atoms. The molecule has 0 aliphatic rings. The number of ether oxygens (including phenoxy) is 1. The Labute approximate surface area is 106 Å². The van der Waals surface area contributed by atoms with E-state index < -0.39 is 6.09 Å². The van der Waals surface area contributed by atoms with Crippen molar-refractivity contribution in [2.75, 3.05) is 11.9 Å². The summed E-state index contributed by atoms with van der Waals surface area (Å²) in [6.07, 6.45) is -0.558. The van der Waals surface area contributed by atoms with Crippen LogP contribution in [0.25, 0.3) is 0 Å². The van der Waals surface area contributed by atoms with E-state index in [1.165, 1.54) is 0 Å².